The lowest BCUT2D eigenvalue weighted by molar-refractivity contribution is 0.673. The smallest absolute Gasteiger partial charge is 0.238 e. The van der Waals surface area contributed by atoms with Crippen LogP contribution in [0.2, 0.25) is 0 Å². The first kappa shape index (κ1) is 15.5. The van der Waals surface area contributed by atoms with Crippen LogP contribution in [0.1, 0.15) is 26.0 Å². The second kappa shape index (κ2) is 10.9. The van der Waals surface area contributed by atoms with Gasteiger partial charge >= 0.3 is 0 Å². The van der Waals surface area contributed by atoms with Crippen LogP contribution in [0.3, 0.4) is 0 Å². The Morgan fingerprint density at radius 1 is 0.529 bits per heavy atom. The summed E-state index contributed by atoms with van der Waals surface area (Å²) in [6.07, 6.45) is 0. The third-order valence-corrected chi connectivity index (χ3v) is 9.76. The highest BCUT2D eigenvalue weighted by Crippen LogP contribution is 2.42. The molecule has 0 fully saturated rings. The normalized spacial score (nSPS) is 17.1. The van der Waals surface area contributed by atoms with Crippen molar-refractivity contribution in [2.45, 2.75) is 0 Å². The molecular formula is C45H26N4OS. The Morgan fingerprint density at radius 2 is 1.25 bits per heavy atom. The largest absolute Gasteiger partial charge is 0.455 e. The molecule has 0 saturated heterocycles. The highest BCUT2D eigenvalue weighted by atomic mass is 32.1. The van der Waals surface area contributed by atoms with Gasteiger partial charge in [0, 0.05) is 47.5 Å². The Balaban J connectivity index is 1.32. The number of benzene rings is 7. The lowest BCUT2D eigenvalue weighted by Crippen LogP contribution is -2.06. The van der Waals surface area contributed by atoms with E-state index < -0.39 is 143 Å². The highest BCUT2D eigenvalue weighted by Gasteiger charge is 2.22. The van der Waals surface area contributed by atoms with Crippen LogP contribution in [0.4, 0.5) is 0 Å². The highest BCUT2D eigenvalue weighted by molar-refractivity contribution is 7.26. The molecule has 4 aromatic heterocycles. The van der Waals surface area contributed by atoms with Gasteiger partial charge in [0.1, 0.15) is 11.2 Å². The van der Waals surface area contributed by atoms with Crippen LogP contribution in [0.5, 0.6) is 0 Å². The number of rotatable bonds is 4. The van der Waals surface area contributed by atoms with Gasteiger partial charge < -0.3 is 4.42 Å². The summed E-state index contributed by atoms with van der Waals surface area (Å²) < 4.78 is 177. The van der Waals surface area contributed by atoms with E-state index in [0.717, 1.165) is 20.0 Å². The Labute approximate surface area is 322 Å². The number of hydrogen-bond acceptors (Lipinski definition) is 5. The Kier molecular flexibility index (Phi) is 3.32. The van der Waals surface area contributed by atoms with Crippen LogP contribution in [0, 0.1) is 0 Å². The number of aromatic nitrogens is 4. The molecular weight excluding hydrogens is 645 g/mol. The maximum atomic E-state index is 9.58. The molecule has 0 unspecified atom stereocenters. The number of thiophene rings is 1. The molecule has 0 aliphatic heterocycles. The van der Waals surface area contributed by atoms with Gasteiger partial charge in [-0.2, -0.15) is 9.97 Å². The first-order valence-electron chi connectivity index (χ1n) is 24.9. The van der Waals surface area contributed by atoms with Crippen LogP contribution in [-0.2, 0) is 0 Å². The molecule has 5 nitrogen and oxygen atoms in total. The van der Waals surface area contributed by atoms with E-state index >= 15 is 0 Å². The molecule has 7 aromatic carbocycles. The van der Waals surface area contributed by atoms with Gasteiger partial charge in [-0.15, -0.1) is 11.3 Å². The predicted molar refractivity (Wildman–Crippen MR) is 211 cm³/mol. The molecule has 0 saturated carbocycles. The standard InChI is InChI=1S/C45H26N4OS/c1-2-11-27(12-3-1)28-21-23-29(24-22-28)43-46-44(35-17-10-16-33-31-14-6-9-20-39(31)51-42(33)35)48-45(47-43)49-36-18-7-4-15-34(36)40-37(49)26-25-32-30-13-5-8-19-38(30)50-41(32)40/h1-26H/i1D,2D,3D,4D,5D,7D,8D,11D,12D,13D,15D,18D,19D,21D,22D,23D,24D,25D,26D. The maximum Gasteiger partial charge on any atom is 0.238 e. The van der Waals surface area contributed by atoms with Crippen molar-refractivity contribution in [2.24, 2.45) is 0 Å². The summed E-state index contributed by atoms with van der Waals surface area (Å²) in [7, 11) is 0. The van der Waals surface area contributed by atoms with Gasteiger partial charge in [-0.05, 0) is 47.4 Å². The van der Waals surface area contributed by atoms with Crippen molar-refractivity contribution in [3.05, 3.63) is 157 Å². The summed E-state index contributed by atoms with van der Waals surface area (Å²) >= 11 is 1.38. The van der Waals surface area contributed by atoms with Crippen LogP contribution < -0.4 is 0 Å². The fourth-order valence-electron chi connectivity index (χ4n) is 6.32. The van der Waals surface area contributed by atoms with E-state index in [1.807, 2.05) is 30.3 Å². The van der Waals surface area contributed by atoms with E-state index in [4.69, 9.17) is 29.5 Å². The van der Waals surface area contributed by atoms with Gasteiger partial charge in [-0.25, -0.2) is 4.98 Å². The first-order chi connectivity index (χ1) is 33.2. The zero-order chi connectivity index (χ0) is 50.0. The van der Waals surface area contributed by atoms with E-state index in [0.29, 0.717) is 10.3 Å². The number of hydrogen-bond donors (Lipinski definition) is 0. The fraction of sp³-hybridized carbons (Fsp3) is 0. The molecule has 0 bridgehead atoms. The average Bonchev–Trinajstić information content (AvgIpc) is 4.06. The fourth-order valence-corrected chi connectivity index (χ4v) is 7.53. The molecule has 51 heavy (non-hydrogen) atoms. The first-order valence-corrected chi connectivity index (χ1v) is 16.2. The van der Waals surface area contributed by atoms with Crippen molar-refractivity contribution in [3.8, 4) is 39.9 Å². The number of nitrogens with zero attached hydrogens (tertiary/aromatic N) is 4. The lowest BCUT2D eigenvalue weighted by atomic mass is 10.0. The molecule has 0 amide bonds. The van der Waals surface area contributed by atoms with Crippen LogP contribution >= 0.6 is 11.3 Å². The molecule has 11 rings (SSSR count). The lowest BCUT2D eigenvalue weighted by Gasteiger charge is -2.12. The van der Waals surface area contributed by atoms with Gasteiger partial charge in [0.2, 0.25) is 5.95 Å². The van der Waals surface area contributed by atoms with Gasteiger partial charge in [-0.1, -0.05) is 121 Å². The SMILES string of the molecule is [2H]c1c([2H])c([2H])c(-c2c([2H])c([2H])c(-c3nc(-c4cccc5c4sc4ccccc45)nc(-n4c5c([2H])c([2H])c([2H])c([2H])c5c5c6oc7c([2H])c([2H])c([2H])c([2H])c7c6c([2H])c([2H])c54)n3)c([2H])c2[2H])c([2H])c1[2H]. The zero-order valence-corrected chi connectivity index (χ0v) is 26.5. The molecule has 0 aliphatic rings. The Hall–Kier alpha value is -6.63. The second-order valence-corrected chi connectivity index (χ2v) is 12.4. The maximum absolute atomic E-state index is 9.58. The van der Waals surface area contributed by atoms with Gasteiger partial charge in [0.15, 0.2) is 11.6 Å². The van der Waals surface area contributed by atoms with Gasteiger partial charge in [-0.3, -0.25) is 4.57 Å². The summed E-state index contributed by atoms with van der Waals surface area (Å²) in [5.74, 6) is -1.17. The van der Waals surface area contributed by atoms with Crippen LogP contribution in [0.15, 0.2) is 162 Å². The van der Waals surface area contributed by atoms with Gasteiger partial charge in [0.05, 0.1) is 42.5 Å². The Bertz CT molecular complexity index is 4200. The van der Waals surface area contributed by atoms with Crippen molar-refractivity contribution >= 4 is 75.3 Å². The average molecular weight is 690 g/mol. The van der Waals surface area contributed by atoms with E-state index in [-0.39, 0.29) is 49.6 Å². The minimum atomic E-state index is -0.815. The molecule has 6 heteroatoms. The van der Waals surface area contributed by atoms with E-state index in [2.05, 4.69) is 4.98 Å². The molecule has 0 spiro atoms. The summed E-state index contributed by atoms with van der Waals surface area (Å²) in [5.41, 5.74) is -2.71. The summed E-state index contributed by atoms with van der Waals surface area (Å²) in [5, 5.41) is 0.735. The Morgan fingerprint density at radius 3 is 2.16 bits per heavy atom. The molecule has 11 aromatic rings. The van der Waals surface area contributed by atoms with E-state index in [1.165, 1.54) is 11.3 Å². The minimum absolute atomic E-state index is 0.148. The quantitative estimate of drug-likeness (QED) is 0.185. The number of para-hydroxylation sites is 2. The third kappa shape index (κ3) is 4.30. The van der Waals surface area contributed by atoms with E-state index in [1.54, 1.807) is 12.1 Å². The molecule has 238 valence electrons. The number of furan rings is 1. The topological polar surface area (TPSA) is 56.7 Å². The zero-order valence-electron chi connectivity index (χ0n) is 44.6. The van der Waals surface area contributed by atoms with Crippen molar-refractivity contribution in [1.82, 2.24) is 19.5 Å². The number of fused-ring (bicyclic) bond motifs is 10. The van der Waals surface area contributed by atoms with Crippen molar-refractivity contribution in [2.75, 3.05) is 0 Å². The van der Waals surface area contributed by atoms with Crippen molar-refractivity contribution in [3.63, 3.8) is 0 Å². The van der Waals surface area contributed by atoms with Crippen LogP contribution in [0.25, 0.3) is 104 Å². The molecule has 0 radical (unpaired) electrons. The summed E-state index contributed by atoms with van der Waals surface area (Å²) in [6.45, 7) is 0. The third-order valence-electron chi connectivity index (χ3n) is 8.54. The van der Waals surface area contributed by atoms with Gasteiger partial charge in [0.25, 0.3) is 0 Å². The molecule has 4 heterocycles. The molecule has 0 aliphatic carbocycles. The summed E-state index contributed by atoms with van der Waals surface area (Å²) in [4.78, 5) is 14.3. The van der Waals surface area contributed by atoms with Crippen molar-refractivity contribution < 1.29 is 30.5 Å². The second-order valence-electron chi connectivity index (χ2n) is 11.4. The minimum Gasteiger partial charge on any atom is -0.455 e. The molecule has 0 atom stereocenters. The predicted octanol–water partition coefficient (Wildman–Crippen LogP) is 12.2. The van der Waals surface area contributed by atoms with Crippen LogP contribution in [-0.4, -0.2) is 19.5 Å². The van der Waals surface area contributed by atoms with E-state index in [9.17, 15) is 11.0 Å². The van der Waals surface area contributed by atoms with Crippen molar-refractivity contribution in [1.29, 1.82) is 0 Å². The summed E-state index contributed by atoms with van der Waals surface area (Å²) in [6, 6.07) is -0.649. The monoisotopic (exact) mass is 689 g/mol. The molecule has 0 N–H and O–H groups in total.